The minimum absolute atomic E-state index is 0.0251. The lowest BCUT2D eigenvalue weighted by molar-refractivity contribution is -0.142. The van der Waals surface area contributed by atoms with E-state index in [2.05, 4.69) is 4.72 Å². The number of carboxylic acid groups (broad SMARTS) is 1. The van der Waals surface area contributed by atoms with Crippen LogP contribution in [0.3, 0.4) is 0 Å². The van der Waals surface area contributed by atoms with Crippen molar-refractivity contribution in [2.24, 2.45) is 5.92 Å². The maximum Gasteiger partial charge on any atom is 0.310 e. The highest BCUT2D eigenvalue weighted by atomic mass is 32.2. The van der Waals surface area contributed by atoms with Crippen molar-refractivity contribution >= 4 is 16.0 Å². The van der Waals surface area contributed by atoms with Crippen LogP contribution in [0.2, 0.25) is 0 Å². The first-order valence-corrected chi connectivity index (χ1v) is 6.87. The highest BCUT2D eigenvalue weighted by molar-refractivity contribution is 7.89. The zero-order valence-electron chi connectivity index (χ0n) is 9.44. The van der Waals surface area contributed by atoms with E-state index < -0.39 is 28.0 Å². The molecule has 1 aliphatic rings. The van der Waals surface area contributed by atoms with E-state index in [9.17, 15) is 13.2 Å². The van der Waals surface area contributed by atoms with E-state index in [4.69, 9.17) is 9.84 Å². The molecule has 0 unspecified atom stereocenters. The molecule has 0 aliphatic carbocycles. The zero-order valence-corrected chi connectivity index (χ0v) is 10.3. The number of benzene rings is 1. The van der Waals surface area contributed by atoms with Crippen LogP contribution in [0.4, 0.5) is 0 Å². The van der Waals surface area contributed by atoms with E-state index in [1.165, 1.54) is 12.1 Å². The van der Waals surface area contributed by atoms with Gasteiger partial charge in [0.05, 0.1) is 30.1 Å². The topological polar surface area (TPSA) is 92.7 Å². The third-order valence-corrected chi connectivity index (χ3v) is 4.26. The van der Waals surface area contributed by atoms with Crippen molar-refractivity contribution in [2.75, 3.05) is 13.2 Å². The predicted octanol–water partition coefficient (Wildman–Crippen LogP) is 0.0645. The third kappa shape index (κ3) is 2.69. The van der Waals surface area contributed by atoms with E-state index in [1.54, 1.807) is 18.2 Å². The predicted molar refractivity (Wildman–Crippen MR) is 62.5 cm³/mol. The summed E-state index contributed by atoms with van der Waals surface area (Å²) in [4.78, 5) is 11.0. The van der Waals surface area contributed by atoms with E-state index in [0.717, 1.165) is 0 Å². The Bertz CT molecular complexity index is 528. The molecule has 1 heterocycles. The smallest absolute Gasteiger partial charge is 0.310 e. The molecule has 1 aromatic rings. The van der Waals surface area contributed by atoms with E-state index in [1.807, 2.05) is 0 Å². The van der Waals surface area contributed by atoms with Crippen LogP contribution < -0.4 is 4.72 Å². The van der Waals surface area contributed by atoms with Crippen molar-refractivity contribution in [2.45, 2.75) is 10.9 Å². The first-order valence-electron chi connectivity index (χ1n) is 5.38. The minimum Gasteiger partial charge on any atom is -0.481 e. The van der Waals surface area contributed by atoms with Crippen molar-refractivity contribution in [3.8, 4) is 0 Å². The molecule has 0 saturated carbocycles. The van der Waals surface area contributed by atoms with Crippen molar-refractivity contribution in [1.29, 1.82) is 0 Å². The third-order valence-electron chi connectivity index (χ3n) is 2.76. The van der Waals surface area contributed by atoms with Crippen LogP contribution in [0, 0.1) is 5.92 Å². The van der Waals surface area contributed by atoms with E-state index in [-0.39, 0.29) is 18.1 Å². The SMILES string of the molecule is O=C(O)[C@@H]1COC[C@@H]1NS(=O)(=O)c1ccccc1. The molecule has 0 spiro atoms. The van der Waals surface area contributed by atoms with Gasteiger partial charge in [0.15, 0.2) is 0 Å². The molecule has 1 fully saturated rings. The van der Waals surface area contributed by atoms with Crippen LogP contribution in [0.15, 0.2) is 35.2 Å². The average molecular weight is 271 g/mol. The van der Waals surface area contributed by atoms with Crippen LogP contribution in [-0.4, -0.2) is 38.7 Å². The molecule has 0 bridgehead atoms. The van der Waals surface area contributed by atoms with Gasteiger partial charge in [0, 0.05) is 0 Å². The molecule has 98 valence electrons. The molecule has 1 saturated heterocycles. The maximum atomic E-state index is 12.0. The summed E-state index contributed by atoms with van der Waals surface area (Å²) < 4.78 is 31.4. The fourth-order valence-corrected chi connectivity index (χ4v) is 3.06. The number of hydrogen-bond donors (Lipinski definition) is 2. The molecule has 0 aromatic heterocycles. The molecule has 18 heavy (non-hydrogen) atoms. The van der Waals surface area contributed by atoms with Crippen LogP contribution in [0.5, 0.6) is 0 Å². The number of carbonyl (C=O) groups is 1. The minimum atomic E-state index is -3.70. The summed E-state index contributed by atoms with van der Waals surface area (Å²) in [7, 11) is -3.70. The quantitative estimate of drug-likeness (QED) is 0.808. The summed E-state index contributed by atoms with van der Waals surface area (Å²) in [6.45, 7) is 0.0976. The van der Waals surface area contributed by atoms with Gasteiger partial charge >= 0.3 is 5.97 Å². The highest BCUT2D eigenvalue weighted by Gasteiger charge is 2.36. The summed E-state index contributed by atoms with van der Waals surface area (Å²) in [5.74, 6) is -1.91. The lowest BCUT2D eigenvalue weighted by Gasteiger charge is -2.15. The van der Waals surface area contributed by atoms with Gasteiger partial charge in [0.2, 0.25) is 10.0 Å². The number of aliphatic carboxylic acids is 1. The Kier molecular flexibility index (Phi) is 3.65. The Morgan fingerprint density at radius 2 is 1.94 bits per heavy atom. The second-order valence-corrected chi connectivity index (χ2v) is 5.74. The van der Waals surface area contributed by atoms with Crippen LogP contribution in [0.1, 0.15) is 0 Å². The average Bonchev–Trinajstić information content (AvgIpc) is 2.78. The molecule has 2 atom stereocenters. The molecular formula is C11H13NO5S. The maximum absolute atomic E-state index is 12.0. The molecular weight excluding hydrogens is 258 g/mol. The Balaban J connectivity index is 2.16. The fraction of sp³-hybridized carbons (Fsp3) is 0.364. The molecule has 1 aromatic carbocycles. The first kappa shape index (κ1) is 13.0. The lowest BCUT2D eigenvalue weighted by atomic mass is 10.1. The van der Waals surface area contributed by atoms with Gasteiger partial charge < -0.3 is 9.84 Å². The van der Waals surface area contributed by atoms with Gasteiger partial charge in [-0.3, -0.25) is 4.79 Å². The van der Waals surface area contributed by atoms with Crippen LogP contribution >= 0.6 is 0 Å². The normalized spacial score (nSPS) is 24.0. The zero-order chi connectivity index (χ0) is 13.2. The molecule has 2 rings (SSSR count). The molecule has 1 aliphatic heterocycles. The summed E-state index contributed by atoms with van der Waals surface area (Å²) in [6, 6.07) is 7.09. The van der Waals surface area contributed by atoms with Gasteiger partial charge in [-0.05, 0) is 12.1 Å². The Hall–Kier alpha value is -1.44. The largest absolute Gasteiger partial charge is 0.481 e. The number of rotatable bonds is 4. The number of nitrogens with one attached hydrogen (secondary N) is 1. The summed E-state index contributed by atoms with van der Waals surface area (Å²) in [5.41, 5.74) is 0. The van der Waals surface area contributed by atoms with Gasteiger partial charge in [-0.15, -0.1) is 0 Å². The van der Waals surface area contributed by atoms with Crippen molar-refractivity contribution < 1.29 is 23.1 Å². The molecule has 0 amide bonds. The number of carboxylic acids is 1. The first-order chi connectivity index (χ1) is 8.50. The van der Waals surface area contributed by atoms with Gasteiger partial charge in [0.25, 0.3) is 0 Å². The monoisotopic (exact) mass is 271 g/mol. The lowest BCUT2D eigenvalue weighted by Crippen LogP contribution is -2.42. The van der Waals surface area contributed by atoms with Crippen molar-refractivity contribution in [1.82, 2.24) is 4.72 Å². The van der Waals surface area contributed by atoms with Crippen LogP contribution in [0.25, 0.3) is 0 Å². The standard InChI is InChI=1S/C11H13NO5S/c13-11(14)9-6-17-7-10(9)12-18(15,16)8-4-2-1-3-5-8/h1-5,9-10,12H,6-7H2,(H,13,14)/t9-,10+/m1/s1. The van der Waals surface area contributed by atoms with Gasteiger partial charge in [-0.25, -0.2) is 13.1 Å². The van der Waals surface area contributed by atoms with Gasteiger partial charge in [-0.2, -0.15) is 0 Å². The number of ether oxygens (including phenoxy) is 1. The number of sulfonamides is 1. The van der Waals surface area contributed by atoms with Crippen molar-refractivity contribution in [3.05, 3.63) is 30.3 Å². The van der Waals surface area contributed by atoms with E-state index >= 15 is 0 Å². The molecule has 2 N–H and O–H groups in total. The Morgan fingerprint density at radius 3 is 2.56 bits per heavy atom. The summed E-state index contributed by atoms with van der Waals surface area (Å²) in [6.07, 6.45) is 0. The Morgan fingerprint density at radius 1 is 1.28 bits per heavy atom. The van der Waals surface area contributed by atoms with E-state index in [0.29, 0.717) is 0 Å². The number of hydrogen-bond acceptors (Lipinski definition) is 4. The summed E-state index contributed by atoms with van der Waals surface area (Å²) in [5, 5.41) is 8.94. The Labute approximate surface area is 105 Å². The van der Waals surface area contributed by atoms with Crippen molar-refractivity contribution in [3.63, 3.8) is 0 Å². The molecule has 7 heteroatoms. The van der Waals surface area contributed by atoms with Crippen LogP contribution in [-0.2, 0) is 19.6 Å². The second kappa shape index (κ2) is 5.05. The highest BCUT2D eigenvalue weighted by Crippen LogP contribution is 2.17. The molecule has 0 radical (unpaired) electrons. The van der Waals surface area contributed by atoms with Gasteiger partial charge in [-0.1, -0.05) is 18.2 Å². The summed E-state index contributed by atoms with van der Waals surface area (Å²) >= 11 is 0. The molecule has 6 nitrogen and oxygen atoms in total. The second-order valence-electron chi connectivity index (χ2n) is 4.02. The van der Waals surface area contributed by atoms with Gasteiger partial charge in [0.1, 0.15) is 0 Å². The fourth-order valence-electron chi connectivity index (χ4n) is 1.78.